The van der Waals surface area contributed by atoms with Crippen molar-refractivity contribution in [3.63, 3.8) is 0 Å². The van der Waals surface area contributed by atoms with E-state index in [9.17, 15) is 9.59 Å². The Bertz CT molecular complexity index is 1230. The van der Waals surface area contributed by atoms with Gasteiger partial charge in [0, 0.05) is 16.9 Å². The van der Waals surface area contributed by atoms with E-state index in [1.807, 2.05) is 56.3 Å². The summed E-state index contributed by atoms with van der Waals surface area (Å²) >= 11 is 0. The molecule has 0 bridgehead atoms. The molecule has 2 atom stereocenters. The van der Waals surface area contributed by atoms with Crippen molar-refractivity contribution >= 4 is 16.9 Å². The van der Waals surface area contributed by atoms with Gasteiger partial charge < -0.3 is 13.9 Å². The Morgan fingerprint density at radius 2 is 1.79 bits per heavy atom. The van der Waals surface area contributed by atoms with Crippen molar-refractivity contribution < 1.29 is 23.6 Å². The van der Waals surface area contributed by atoms with Gasteiger partial charge in [0.1, 0.15) is 18.9 Å². The third-order valence-corrected chi connectivity index (χ3v) is 6.85. The highest BCUT2D eigenvalue weighted by atomic mass is 16.5. The normalized spacial score (nSPS) is 18.3. The summed E-state index contributed by atoms with van der Waals surface area (Å²) in [5.41, 5.74) is 4.13. The van der Waals surface area contributed by atoms with Gasteiger partial charge in [-0.15, -0.1) is 0 Å². The van der Waals surface area contributed by atoms with E-state index in [1.165, 1.54) is 0 Å². The Morgan fingerprint density at radius 3 is 2.55 bits per heavy atom. The average molecular weight is 449 g/mol. The first-order valence-corrected chi connectivity index (χ1v) is 11.8. The van der Waals surface area contributed by atoms with Gasteiger partial charge in [-0.1, -0.05) is 44.2 Å². The summed E-state index contributed by atoms with van der Waals surface area (Å²) in [6, 6.07) is 13.3. The quantitative estimate of drug-likeness (QED) is 0.480. The first kappa shape index (κ1) is 21.7. The Balaban J connectivity index is 1.44. The Morgan fingerprint density at radius 1 is 1.03 bits per heavy atom. The maximum atomic E-state index is 13.1. The van der Waals surface area contributed by atoms with Crippen LogP contribution >= 0.6 is 0 Å². The van der Waals surface area contributed by atoms with E-state index in [1.54, 1.807) is 0 Å². The van der Waals surface area contributed by atoms with Crippen LogP contribution in [0, 0.1) is 5.92 Å². The lowest BCUT2D eigenvalue weighted by atomic mass is 9.89. The monoisotopic (exact) mass is 448 g/mol. The Labute approximate surface area is 193 Å². The molecule has 0 amide bonds. The summed E-state index contributed by atoms with van der Waals surface area (Å²) in [5.74, 6) is 0.545. The molecular weight excluding hydrogens is 418 g/mol. The highest BCUT2D eigenvalue weighted by Crippen LogP contribution is 2.33. The number of rotatable bonds is 5. The van der Waals surface area contributed by atoms with E-state index in [0.29, 0.717) is 18.9 Å². The molecule has 1 aromatic heterocycles. The second-order valence-electron chi connectivity index (χ2n) is 9.41. The molecule has 6 heteroatoms. The number of aryl methyl sites for hydroxylation is 1. The fourth-order valence-corrected chi connectivity index (χ4v) is 5.23. The number of carbonyl (C=O) groups excluding carboxylic acids is 1. The SMILES string of the molecule is CC(C)[C@@H](C(=O)OCc1ccccc1)[NH+]1COc2ccc3c4c(c(=O)oc3c2C1)CCCC4. The molecule has 172 valence electrons. The smallest absolute Gasteiger partial charge is 0.365 e. The first-order valence-electron chi connectivity index (χ1n) is 11.8. The van der Waals surface area contributed by atoms with Gasteiger partial charge in [-0.3, -0.25) is 4.90 Å². The molecule has 6 nitrogen and oxygen atoms in total. The van der Waals surface area contributed by atoms with Crippen molar-refractivity contribution in [3.8, 4) is 5.75 Å². The van der Waals surface area contributed by atoms with Crippen molar-refractivity contribution in [3.05, 3.63) is 75.1 Å². The van der Waals surface area contributed by atoms with Gasteiger partial charge in [0.15, 0.2) is 11.6 Å². The maximum absolute atomic E-state index is 13.1. The molecule has 1 unspecified atom stereocenters. The number of hydrogen-bond donors (Lipinski definition) is 1. The van der Waals surface area contributed by atoms with Gasteiger partial charge in [-0.25, -0.2) is 9.59 Å². The lowest BCUT2D eigenvalue weighted by molar-refractivity contribution is -0.951. The van der Waals surface area contributed by atoms with Gasteiger partial charge in [0.25, 0.3) is 0 Å². The maximum Gasteiger partial charge on any atom is 0.365 e. The number of hydrogen-bond acceptors (Lipinski definition) is 5. The van der Waals surface area contributed by atoms with Crippen LogP contribution in [-0.2, 0) is 35.5 Å². The van der Waals surface area contributed by atoms with Crippen LogP contribution in [0.4, 0.5) is 0 Å². The largest absolute Gasteiger partial charge is 0.456 e. The number of nitrogens with one attached hydrogen (secondary N) is 1. The first-order chi connectivity index (χ1) is 16.0. The highest BCUT2D eigenvalue weighted by Gasteiger charge is 2.38. The lowest BCUT2D eigenvalue weighted by Gasteiger charge is -2.33. The molecule has 1 aliphatic carbocycles. The molecule has 0 radical (unpaired) electrons. The molecule has 2 aromatic carbocycles. The molecule has 0 spiro atoms. The fraction of sp³-hybridized carbons (Fsp3) is 0.407. The minimum atomic E-state index is -0.388. The molecule has 33 heavy (non-hydrogen) atoms. The lowest BCUT2D eigenvalue weighted by Crippen LogP contribution is -3.17. The zero-order valence-electron chi connectivity index (χ0n) is 19.2. The summed E-state index contributed by atoms with van der Waals surface area (Å²) in [7, 11) is 0. The van der Waals surface area contributed by atoms with Gasteiger partial charge in [0.05, 0.1) is 5.56 Å². The Hall–Kier alpha value is -3.12. The minimum absolute atomic E-state index is 0.0585. The van der Waals surface area contributed by atoms with Crippen LogP contribution in [0.1, 0.15) is 48.9 Å². The molecule has 3 aromatic rings. The van der Waals surface area contributed by atoms with Gasteiger partial charge in [-0.05, 0) is 48.9 Å². The topological polar surface area (TPSA) is 70.2 Å². The molecule has 5 rings (SSSR count). The van der Waals surface area contributed by atoms with Crippen molar-refractivity contribution in [2.24, 2.45) is 5.92 Å². The number of benzene rings is 2. The summed E-state index contributed by atoms with van der Waals surface area (Å²) in [5, 5.41) is 1.00. The van der Waals surface area contributed by atoms with E-state index >= 15 is 0 Å². The van der Waals surface area contributed by atoms with Crippen LogP contribution in [0.3, 0.4) is 0 Å². The van der Waals surface area contributed by atoms with Gasteiger partial charge in [-0.2, -0.15) is 0 Å². The van der Waals surface area contributed by atoms with E-state index in [2.05, 4.69) is 0 Å². The average Bonchev–Trinajstić information content (AvgIpc) is 2.83. The summed E-state index contributed by atoms with van der Waals surface area (Å²) in [4.78, 5) is 26.8. The number of fused-ring (bicyclic) bond motifs is 5. The van der Waals surface area contributed by atoms with Crippen LogP contribution in [0.5, 0.6) is 5.75 Å². The third-order valence-electron chi connectivity index (χ3n) is 6.85. The predicted molar refractivity (Wildman–Crippen MR) is 124 cm³/mol. The number of quaternary nitrogens is 1. The number of carbonyl (C=O) groups is 1. The van der Waals surface area contributed by atoms with Crippen molar-refractivity contribution in [1.29, 1.82) is 0 Å². The number of ether oxygens (including phenoxy) is 2. The second-order valence-corrected chi connectivity index (χ2v) is 9.41. The molecule has 0 saturated carbocycles. The van der Waals surface area contributed by atoms with Crippen LogP contribution in [0.15, 0.2) is 51.7 Å². The summed E-state index contributed by atoms with van der Waals surface area (Å²) in [6.07, 6.45) is 3.78. The molecule has 0 fully saturated rings. The molecule has 2 aliphatic rings. The number of esters is 1. The van der Waals surface area contributed by atoms with E-state index < -0.39 is 0 Å². The van der Waals surface area contributed by atoms with Crippen LogP contribution in [0.25, 0.3) is 11.0 Å². The molecule has 1 N–H and O–H groups in total. The third kappa shape index (κ3) is 4.15. The zero-order valence-corrected chi connectivity index (χ0v) is 19.2. The van der Waals surface area contributed by atoms with Crippen LogP contribution in [0.2, 0.25) is 0 Å². The van der Waals surface area contributed by atoms with E-state index in [0.717, 1.165) is 64.0 Å². The molecule has 1 aliphatic heterocycles. The van der Waals surface area contributed by atoms with Crippen LogP contribution < -0.4 is 15.3 Å². The Kier molecular flexibility index (Phi) is 5.94. The summed E-state index contributed by atoms with van der Waals surface area (Å²) < 4.78 is 17.6. The van der Waals surface area contributed by atoms with E-state index in [4.69, 9.17) is 13.9 Å². The predicted octanol–water partition coefficient (Wildman–Crippen LogP) is 3.17. The van der Waals surface area contributed by atoms with Gasteiger partial charge in [0.2, 0.25) is 6.73 Å². The van der Waals surface area contributed by atoms with Gasteiger partial charge >= 0.3 is 11.6 Å². The molecule has 2 heterocycles. The molecule has 0 saturated heterocycles. The molecular formula is C27H30NO5+. The van der Waals surface area contributed by atoms with Crippen LogP contribution in [-0.4, -0.2) is 18.7 Å². The standard InChI is InChI=1S/C27H29NO5/c1-17(2)24(27(30)31-15-18-8-4-3-5-9-18)28-14-22-23(32-16-28)13-12-20-19-10-6-7-11-21(19)26(29)33-25(20)22/h3-5,8-9,12-13,17,24H,6-7,10-11,14-16H2,1-2H3/p+1/t24-/m0/s1. The van der Waals surface area contributed by atoms with Crippen molar-refractivity contribution in [2.45, 2.75) is 58.7 Å². The highest BCUT2D eigenvalue weighted by molar-refractivity contribution is 5.86. The summed E-state index contributed by atoms with van der Waals surface area (Å²) in [6.45, 7) is 5.19. The zero-order chi connectivity index (χ0) is 22.9. The minimum Gasteiger partial charge on any atom is -0.456 e. The van der Waals surface area contributed by atoms with Crippen molar-refractivity contribution in [1.82, 2.24) is 0 Å². The van der Waals surface area contributed by atoms with E-state index in [-0.39, 0.29) is 30.2 Å². The van der Waals surface area contributed by atoms with Crippen molar-refractivity contribution in [2.75, 3.05) is 6.73 Å². The second kappa shape index (κ2) is 9.02. The fourth-order valence-electron chi connectivity index (χ4n) is 5.23.